The van der Waals surface area contributed by atoms with E-state index in [1.807, 2.05) is 6.92 Å². The first-order valence-corrected chi connectivity index (χ1v) is 4.33. The van der Waals surface area contributed by atoms with Crippen LogP contribution in [0.1, 0.15) is 18.4 Å². The molecule has 0 aromatic heterocycles. The molecule has 4 heteroatoms. The molecule has 0 amide bonds. The second-order valence-electron chi connectivity index (χ2n) is 2.91. The van der Waals surface area contributed by atoms with Crippen molar-refractivity contribution in [1.29, 1.82) is 0 Å². The standard InChI is InChI=1S/C9H12ClNO2/c1-6(5-13-11)7-3-2-4-8(10)9(7)12/h2-4,6,12H,5,11H2,1H3. The fourth-order valence-corrected chi connectivity index (χ4v) is 1.35. The Hall–Kier alpha value is -0.770. The van der Waals surface area contributed by atoms with E-state index < -0.39 is 0 Å². The monoisotopic (exact) mass is 201 g/mol. The Labute approximate surface area is 82.0 Å². The van der Waals surface area contributed by atoms with Crippen LogP contribution in [-0.4, -0.2) is 11.7 Å². The van der Waals surface area contributed by atoms with Gasteiger partial charge in [0, 0.05) is 11.5 Å². The van der Waals surface area contributed by atoms with Gasteiger partial charge in [0.25, 0.3) is 0 Å². The average Bonchev–Trinajstić information content (AvgIpc) is 2.10. The normalized spacial score (nSPS) is 12.8. The van der Waals surface area contributed by atoms with E-state index in [0.717, 1.165) is 5.56 Å². The molecule has 1 aromatic carbocycles. The van der Waals surface area contributed by atoms with Crippen molar-refractivity contribution in [2.45, 2.75) is 12.8 Å². The zero-order valence-electron chi connectivity index (χ0n) is 7.33. The highest BCUT2D eigenvalue weighted by Crippen LogP contribution is 2.32. The molecule has 0 aliphatic heterocycles. The SMILES string of the molecule is CC(CON)c1cccc(Cl)c1O. The summed E-state index contributed by atoms with van der Waals surface area (Å²) in [7, 11) is 0. The largest absolute Gasteiger partial charge is 0.506 e. The minimum atomic E-state index is 0.0312. The molecular weight excluding hydrogens is 190 g/mol. The van der Waals surface area contributed by atoms with Crippen molar-refractivity contribution >= 4 is 11.6 Å². The number of hydrogen-bond donors (Lipinski definition) is 2. The molecule has 0 bridgehead atoms. The summed E-state index contributed by atoms with van der Waals surface area (Å²) in [6.45, 7) is 2.26. The quantitative estimate of drug-likeness (QED) is 0.736. The lowest BCUT2D eigenvalue weighted by Gasteiger charge is -2.12. The predicted octanol–water partition coefficient (Wildman–Crippen LogP) is 2.04. The first kappa shape index (κ1) is 10.3. The second-order valence-corrected chi connectivity index (χ2v) is 3.32. The maximum atomic E-state index is 9.57. The maximum absolute atomic E-state index is 9.57. The molecule has 3 nitrogen and oxygen atoms in total. The Morgan fingerprint density at radius 1 is 1.62 bits per heavy atom. The van der Waals surface area contributed by atoms with Gasteiger partial charge in [-0.05, 0) is 6.07 Å². The average molecular weight is 202 g/mol. The van der Waals surface area contributed by atoms with Crippen LogP contribution in [0.4, 0.5) is 0 Å². The molecule has 0 aliphatic rings. The van der Waals surface area contributed by atoms with Crippen LogP contribution in [0.15, 0.2) is 18.2 Å². The van der Waals surface area contributed by atoms with Gasteiger partial charge in [0.1, 0.15) is 5.75 Å². The van der Waals surface area contributed by atoms with Crippen molar-refractivity contribution in [2.24, 2.45) is 5.90 Å². The Balaban J connectivity index is 2.93. The number of hydrogen-bond acceptors (Lipinski definition) is 3. The number of halogens is 1. The molecular formula is C9H12ClNO2. The molecule has 0 fully saturated rings. The number of nitrogens with two attached hydrogens (primary N) is 1. The van der Waals surface area contributed by atoms with Gasteiger partial charge in [-0.2, -0.15) is 0 Å². The Morgan fingerprint density at radius 3 is 2.92 bits per heavy atom. The van der Waals surface area contributed by atoms with E-state index >= 15 is 0 Å². The van der Waals surface area contributed by atoms with Gasteiger partial charge in [-0.1, -0.05) is 30.7 Å². The lowest BCUT2D eigenvalue weighted by molar-refractivity contribution is 0.126. The van der Waals surface area contributed by atoms with Crippen molar-refractivity contribution < 1.29 is 9.94 Å². The van der Waals surface area contributed by atoms with Crippen molar-refractivity contribution in [2.75, 3.05) is 6.61 Å². The van der Waals surface area contributed by atoms with Crippen molar-refractivity contribution in [1.82, 2.24) is 0 Å². The number of benzene rings is 1. The molecule has 0 saturated heterocycles. The van der Waals surface area contributed by atoms with Crippen LogP contribution in [-0.2, 0) is 4.84 Å². The fraction of sp³-hybridized carbons (Fsp3) is 0.333. The molecule has 0 radical (unpaired) electrons. The van der Waals surface area contributed by atoms with Crippen molar-refractivity contribution in [3.05, 3.63) is 28.8 Å². The van der Waals surface area contributed by atoms with E-state index in [0.29, 0.717) is 11.6 Å². The summed E-state index contributed by atoms with van der Waals surface area (Å²) >= 11 is 5.74. The van der Waals surface area contributed by atoms with E-state index in [2.05, 4.69) is 4.84 Å². The molecule has 1 unspecified atom stereocenters. The molecule has 13 heavy (non-hydrogen) atoms. The van der Waals surface area contributed by atoms with Crippen LogP contribution < -0.4 is 5.90 Å². The highest BCUT2D eigenvalue weighted by Gasteiger charge is 2.11. The third-order valence-corrected chi connectivity index (χ3v) is 2.20. The Bertz CT molecular complexity index is 291. The van der Waals surface area contributed by atoms with E-state index in [9.17, 15) is 5.11 Å². The predicted molar refractivity (Wildman–Crippen MR) is 51.7 cm³/mol. The minimum Gasteiger partial charge on any atom is -0.506 e. The van der Waals surface area contributed by atoms with Crippen LogP contribution >= 0.6 is 11.6 Å². The first-order valence-electron chi connectivity index (χ1n) is 3.96. The molecule has 0 saturated carbocycles. The number of phenolic OH excluding ortho intramolecular Hbond substituents is 1. The highest BCUT2D eigenvalue weighted by atomic mass is 35.5. The molecule has 1 rings (SSSR count). The van der Waals surface area contributed by atoms with Gasteiger partial charge in [0.05, 0.1) is 11.6 Å². The Morgan fingerprint density at radius 2 is 2.31 bits per heavy atom. The van der Waals surface area contributed by atoms with Crippen LogP contribution in [0.5, 0.6) is 5.75 Å². The summed E-state index contributed by atoms with van der Waals surface area (Å²) in [5.74, 6) is 5.08. The third-order valence-electron chi connectivity index (χ3n) is 1.90. The van der Waals surface area contributed by atoms with E-state index in [1.165, 1.54) is 0 Å². The molecule has 72 valence electrons. The maximum Gasteiger partial charge on any atom is 0.137 e. The number of rotatable bonds is 3. The Kier molecular flexibility index (Phi) is 3.54. The van der Waals surface area contributed by atoms with E-state index in [1.54, 1.807) is 18.2 Å². The van der Waals surface area contributed by atoms with Crippen LogP contribution in [0.2, 0.25) is 5.02 Å². The fourth-order valence-electron chi connectivity index (χ4n) is 1.16. The zero-order chi connectivity index (χ0) is 9.84. The molecule has 0 aliphatic carbocycles. The van der Waals surface area contributed by atoms with Gasteiger partial charge < -0.3 is 9.94 Å². The van der Waals surface area contributed by atoms with Gasteiger partial charge in [-0.25, -0.2) is 5.90 Å². The van der Waals surface area contributed by atoms with Gasteiger partial charge in [0.2, 0.25) is 0 Å². The minimum absolute atomic E-state index is 0.0312. The van der Waals surface area contributed by atoms with Crippen LogP contribution in [0.25, 0.3) is 0 Å². The van der Waals surface area contributed by atoms with Crippen LogP contribution in [0.3, 0.4) is 0 Å². The van der Waals surface area contributed by atoms with Gasteiger partial charge >= 0.3 is 0 Å². The van der Waals surface area contributed by atoms with Crippen LogP contribution in [0, 0.1) is 0 Å². The summed E-state index contributed by atoms with van der Waals surface area (Å²) < 4.78 is 0. The molecule has 0 spiro atoms. The second kappa shape index (κ2) is 4.46. The molecule has 1 atom stereocenters. The number of aromatic hydroxyl groups is 1. The summed E-state index contributed by atoms with van der Waals surface area (Å²) in [5.41, 5.74) is 0.748. The van der Waals surface area contributed by atoms with Crippen molar-refractivity contribution in [3.63, 3.8) is 0 Å². The van der Waals surface area contributed by atoms with Crippen molar-refractivity contribution in [3.8, 4) is 5.75 Å². The molecule has 1 aromatic rings. The number of para-hydroxylation sites is 1. The summed E-state index contributed by atoms with van der Waals surface area (Å²) in [4.78, 5) is 4.50. The molecule has 0 heterocycles. The summed E-state index contributed by atoms with van der Waals surface area (Å²) in [6, 6.07) is 5.21. The number of phenols is 1. The zero-order valence-corrected chi connectivity index (χ0v) is 8.08. The molecule has 3 N–H and O–H groups in total. The first-order chi connectivity index (χ1) is 6.16. The third kappa shape index (κ3) is 2.34. The lowest BCUT2D eigenvalue weighted by Crippen LogP contribution is -2.08. The van der Waals surface area contributed by atoms with Gasteiger partial charge in [-0.3, -0.25) is 0 Å². The topological polar surface area (TPSA) is 55.5 Å². The van der Waals surface area contributed by atoms with Gasteiger partial charge in [0.15, 0.2) is 0 Å². The summed E-state index contributed by atoms with van der Waals surface area (Å²) in [6.07, 6.45) is 0. The smallest absolute Gasteiger partial charge is 0.137 e. The van der Waals surface area contributed by atoms with E-state index in [4.69, 9.17) is 17.5 Å². The highest BCUT2D eigenvalue weighted by molar-refractivity contribution is 6.32. The summed E-state index contributed by atoms with van der Waals surface area (Å²) in [5, 5.41) is 9.91. The lowest BCUT2D eigenvalue weighted by atomic mass is 10.0. The van der Waals surface area contributed by atoms with Gasteiger partial charge in [-0.15, -0.1) is 0 Å². The van der Waals surface area contributed by atoms with E-state index in [-0.39, 0.29) is 11.7 Å².